The number of aliphatic hydroxyl groups excluding tert-OH is 1. The topological polar surface area (TPSA) is 73.7 Å². The molecule has 1 heterocycles. The fourth-order valence-corrected chi connectivity index (χ4v) is 5.24. The minimum absolute atomic E-state index is 0.0535. The second kappa shape index (κ2) is 11.1. The van der Waals surface area contributed by atoms with Crippen LogP contribution in [-0.2, 0) is 18.6 Å². The lowest BCUT2D eigenvalue weighted by Gasteiger charge is -2.21. The molecule has 1 fully saturated rings. The maximum Gasteiger partial charge on any atom is 0.253 e. The fourth-order valence-electron chi connectivity index (χ4n) is 5.11. The van der Waals surface area contributed by atoms with Crippen molar-refractivity contribution in [3.63, 3.8) is 0 Å². The Morgan fingerprint density at radius 2 is 1.78 bits per heavy atom. The number of carbonyl (C=O) groups excluding carboxylic acids is 1. The number of hydrogen-bond donors (Lipinski definition) is 2. The van der Waals surface area contributed by atoms with Gasteiger partial charge in [-0.25, -0.2) is 0 Å². The van der Waals surface area contributed by atoms with E-state index in [1.54, 1.807) is 38.2 Å². The van der Waals surface area contributed by atoms with Crippen molar-refractivity contribution < 1.29 is 15.0 Å². The number of carbonyl (C=O) groups is 1. The number of hydrogen-bond acceptors (Lipinski definition) is 4. The van der Waals surface area contributed by atoms with E-state index in [1.165, 1.54) is 5.56 Å². The molecule has 5 nitrogen and oxygen atoms in total. The molecule has 1 saturated carbocycles. The molecule has 36 heavy (non-hydrogen) atoms. The Morgan fingerprint density at radius 3 is 2.44 bits per heavy atom. The summed E-state index contributed by atoms with van der Waals surface area (Å²) in [5, 5.41) is 21.7. The van der Waals surface area contributed by atoms with E-state index in [0.717, 1.165) is 42.4 Å². The first-order chi connectivity index (χ1) is 17.1. The largest absolute Gasteiger partial charge is 0.388 e. The number of nitrogens with zero attached hydrogens (tertiary/aromatic N) is 2. The predicted molar refractivity (Wildman–Crippen MR) is 143 cm³/mol. The van der Waals surface area contributed by atoms with Crippen LogP contribution < -0.4 is 0 Å². The van der Waals surface area contributed by atoms with Crippen molar-refractivity contribution in [3.05, 3.63) is 99.8 Å². The van der Waals surface area contributed by atoms with E-state index in [4.69, 9.17) is 11.6 Å². The van der Waals surface area contributed by atoms with E-state index in [2.05, 4.69) is 4.98 Å². The molecular formula is C30H35ClN2O3. The maximum absolute atomic E-state index is 13.0. The molecule has 1 aliphatic carbocycles. The highest BCUT2D eigenvalue weighted by Gasteiger charge is 2.30. The third-order valence-corrected chi connectivity index (χ3v) is 7.48. The summed E-state index contributed by atoms with van der Waals surface area (Å²) in [6, 6.07) is 17.2. The summed E-state index contributed by atoms with van der Waals surface area (Å²) in [4.78, 5) is 18.9. The van der Waals surface area contributed by atoms with Gasteiger partial charge in [-0.1, -0.05) is 35.9 Å². The molecule has 3 aromatic rings. The fraction of sp³-hybridized carbons (Fsp3) is 0.400. The monoisotopic (exact) mass is 506 g/mol. The Bertz CT molecular complexity index is 1170. The molecule has 1 aliphatic rings. The van der Waals surface area contributed by atoms with Crippen molar-refractivity contribution in [2.75, 3.05) is 7.05 Å². The van der Waals surface area contributed by atoms with Crippen LogP contribution in [0.25, 0.3) is 0 Å². The highest BCUT2D eigenvalue weighted by atomic mass is 35.5. The number of pyridine rings is 1. The predicted octanol–water partition coefficient (Wildman–Crippen LogP) is 5.93. The van der Waals surface area contributed by atoms with E-state index in [-0.39, 0.29) is 11.8 Å². The number of amides is 1. The van der Waals surface area contributed by atoms with Gasteiger partial charge >= 0.3 is 0 Å². The third-order valence-electron chi connectivity index (χ3n) is 7.23. The first kappa shape index (κ1) is 26.3. The van der Waals surface area contributed by atoms with Gasteiger partial charge in [0.1, 0.15) is 0 Å². The molecule has 2 aromatic carbocycles. The van der Waals surface area contributed by atoms with Crippen LogP contribution in [0.1, 0.15) is 71.8 Å². The zero-order valence-electron chi connectivity index (χ0n) is 21.2. The van der Waals surface area contributed by atoms with Crippen LogP contribution in [0, 0.1) is 11.8 Å². The number of benzene rings is 2. The van der Waals surface area contributed by atoms with E-state index in [1.807, 2.05) is 54.6 Å². The molecule has 0 spiro atoms. The number of rotatable bonds is 8. The molecule has 0 radical (unpaired) electrons. The molecule has 0 aliphatic heterocycles. The van der Waals surface area contributed by atoms with E-state index < -0.39 is 11.7 Å². The van der Waals surface area contributed by atoms with Gasteiger partial charge in [0.15, 0.2) is 0 Å². The van der Waals surface area contributed by atoms with Crippen molar-refractivity contribution in [2.24, 2.45) is 11.8 Å². The second-order valence-corrected chi connectivity index (χ2v) is 11.1. The van der Waals surface area contributed by atoms with Crippen LogP contribution >= 0.6 is 11.6 Å². The molecule has 0 bridgehead atoms. The Morgan fingerprint density at radius 1 is 1.08 bits per heavy atom. The zero-order valence-corrected chi connectivity index (χ0v) is 21.9. The van der Waals surface area contributed by atoms with E-state index in [9.17, 15) is 15.0 Å². The van der Waals surface area contributed by atoms with Crippen LogP contribution in [0.2, 0.25) is 5.02 Å². The average molecular weight is 507 g/mol. The van der Waals surface area contributed by atoms with Gasteiger partial charge in [0.25, 0.3) is 5.91 Å². The summed E-state index contributed by atoms with van der Waals surface area (Å²) >= 11 is 5.98. The van der Waals surface area contributed by atoms with Crippen LogP contribution in [-0.4, -0.2) is 33.1 Å². The molecule has 6 heteroatoms. The number of aromatic nitrogens is 1. The van der Waals surface area contributed by atoms with Gasteiger partial charge in [-0.2, -0.15) is 0 Å². The summed E-state index contributed by atoms with van der Waals surface area (Å²) < 4.78 is 0. The highest BCUT2D eigenvalue weighted by Crippen LogP contribution is 2.40. The lowest BCUT2D eigenvalue weighted by atomic mass is 9.91. The standard InChI is InChI=1S/C30H35ClN2O3/c1-30(2,36)26-16-22(17-32-18-26)19-33(3)29(35)24-7-4-20(5-8-24)14-21-6-9-25(15-21)28(34)23-10-12-27(31)13-11-23/h4-5,7-8,10-13,16-18,21,25,28,34,36H,6,9,14-15,19H2,1-3H3/t21-,25-,28+/m0/s1. The van der Waals surface area contributed by atoms with Crippen molar-refractivity contribution in [2.45, 2.75) is 57.8 Å². The van der Waals surface area contributed by atoms with Crippen LogP contribution in [0.4, 0.5) is 0 Å². The Labute approximate surface area is 218 Å². The van der Waals surface area contributed by atoms with E-state index >= 15 is 0 Å². The van der Waals surface area contributed by atoms with Crippen LogP contribution in [0.15, 0.2) is 67.0 Å². The second-order valence-electron chi connectivity index (χ2n) is 10.6. The van der Waals surface area contributed by atoms with Gasteiger partial charge in [0, 0.05) is 42.1 Å². The number of aliphatic hydroxyl groups is 2. The molecule has 1 aromatic heterocycles. The smallest absolute Gasteiger partial charge is 0.253 e. The lowest BCUT2D eigenvalue weighted by Crippen LogP contribution is -2.26. The van der Waals surface area contributed by atoms with Crippen molar-refractivity contribution in [3.8, 4) is 0 Å². The van der Waals surface area contributed by atoms with Gasteiger partial charge in [0.05, 0.1) is 11.7 Å². The first-order valence-electron chi connectivity index (χ1n) is 12.5. The summed E-state index contributed by atoms with van der Waals surface area (Å²) in [7, 11) is 1.78. The van der Waals surface area contributed by atoms with Crippen molar-refractivity contribution in [1.29, 1.82) is 0 Å². The molecule has 0 saturated heterocycles. The summed E-state index contributed by atoms with van der Waals surface area (Å²) in [5.74, 6) is 0.731. The number of halogens is 1. The zero-order chi connectivity index (χ0) is 25.9. The summed E-state index contributed by atoms with van der Waals surface area (Å²) in [6.07, 6.45) is 6.96. The van der Waals surface area contributed by atoms with Crippen LogP contribution in [0.5, 0.6) is 0 Å². The molecule has 2 N–H and O–H groups in total. The molecule has 4 rings (SSSR count). The van der Waals surface area contributed by atoms with Gasteiger partial charge in [-0.3, -0.25) is 9.78 Å². The molecule has 3 atom stereocenters. The van der Waals surface area contributed by atoms with Crippen molar-refractivity contribution in [1.82, 2.24) is 9.88 Å². The maximum atomic E-state index is 13.0. The van der Waals surface area contributed by atoms with Crippen LogP contribution in [0.3, 0.4) is 0 Å². The Kier molecular flexibility index (Phi) is 8.13. The van der Waals surface area contributed by atoms with Gasteiger partial charge in [0.2, 0.25) is 0 Å². The van der Waals surface area contributed by atoms with Crippen molar-refractivity contribution >= 4 is 17.5 Å². The lowest BCUT2D eigenvalue weighted by molar-refractivity contribution is 0.0774. The van der Waals surface area contributed by atoms with Gasteiger partial charge in [-0.15, -0.1) is 0 Å². The molecular weight excluding hydrogens is 472 g/mol. The van der Waals surface area contributed by atoms with Gasteiger partial charge in [-0.05, 0) is 98.4 Å². The van der Waals surface area contributed by atoms with Gasteiger partial charge < -0.3 is 15.1 Å². The molecule has 1 amide bonds. The quantitative estimate of drug-likeness (QED) is 0.397. The average Bonchev–Trinajstić information content (AvgIpc) is 3.32. The summed E-state index contributed by atoms with van der Waals surface area (Å²) in [6.45, 7) is 3.85. The Hall–Kier alpha value is -2.73. The minimum atomic E-state index is -0.977. The normalized spacial score (nSPS) is 18.7. The Balaban J connectivity index is 1.32. The SMILES string of the molecule is CN(Cc1cncc(C(C)(C)O)c1)C(=O)c1ccc(C[C@@H]2CC[C@H]([C@H](O)c3ccc(Cl)cc3)C2)cc1. The minimum Gasteiger partial charge on any atom is -0.388 e. The van der Waals surface area contributed by atoms with E-state index in [0.29, 0.717) is 23.0 Å². The molecule has 190 valence electrons. The third kappa shape index (κ3) is 6.52. The first-order valence-corrected chi connectivity index (χ1v) is 12.9. The summed E-state index contributed by atoms with van der Waals surface area (Å²) in [5.41, 5.74) is 3.41. The molecule has 0 unspecified atom stereocenters. The highest BCUT2D eigenvalue weighted by molar-refractivity contribution is 6.30.